The van der Waals surface area contributed by atoms with Gasteiger partial charge >= 0.3 is 0 Å². The molecular weight excluding hydrogens is 252 g/mol. The summed E-state index contributed by atoms with van der Waals surface area (Å²) < 4.78 is 7.30. The topological polar surface area (TPSA) is 9.23 Å². The smallest absolute Gasteiger partial charge is 0.122 e. The first-order valence-electron chi connectivity index (χ1n) is 6.39. The highest BCUT2D eigenvalue weighted by Gasteiger charge is 2.05. The maximum atomic E-state index is 5.98. The number of hydrogen-bond donors (Lipinski definition) is 0. The largest absolute Gasteiger partial charge is 0.489 e. The predicted molar refractivity (Wildman–Crippen MR) is 82.1 cm³/mol. The monoisotopic (exact) mass is 268 g/mol. The molecule has 0 N–H and O–H groups in total. The summed E-state index contributed by atoms with van der Waals surface area (Å²) >= 11 is 1.78. The van der Waals surface area contributed by atoms with Gasteiger partial charge in [-0.15, -0.1) is 11.3 Å². The minimum absolute atomic E-state index is 0.633. The van der Waals surface area contributed by atoms with E-state index in [-0.39, 0.29) is 0 Å². The Morgan fingerprint density at radius 1 is 1.05 bits per heavy atom. The van der Waals surface area contributed by atoms with Crippen molar-refractivity contribution in [2.75, 3.05) is 0 Å². The molecule has 0 fully saturated rings. The van der Waals surface area contributed by atoms with Gasteiger partial charge in [0.2, 0.25) is 0 Å². The van der Waals surface area contributed by atoms with Gasteiger partial charge in [0.25, 0.3) is 0 Å². The van der Waals surface area contributed by atoms with E-state index in [1.165, 1.54) is 26.8 Å². The van der Waals surface area contributed by atoms with Gasteiger partial charge < -0.3 is 4.74 Å². The van der Waals surface area contributed by atoms with Crippen LogP contribution in [0.4, 0.5) is 0 Å². The summed E-state index contributed by atoms with van der Waals surface area (Å²) in [7, 11) is 0. The maximum Gasteiger partial charge on any atom is 0.122 e. The lowest BCUT2D eigenvalue weighted by Crippen LogP contribution is -1.96. The molecule has 0 saturated heterocycles. The van der Waals surface area contributed by atoms with Gasteiger partial charge in [-0.1, -0.05) is 30.3 Å². The molecule has 0 unspecified atom stereocenters. The first kappa shape index (κ1) is 12.2. The summed E-state index contributed by atoms with van der Waals surface area (Å²) in [6.07, 6.45) is 0. The average Bonchev–Trinajstić information content (AvgIpc) is 2.83. The molecule has 0 aliphatic heterocycles. The van der Waals surface area contributed by atoms with E-state index in [1.807, 2.05) is 0 Å². The number of aryl methyl sites for hydroxylation is 2. The fourth-order valence-corrected chi connectivity index (χ4v) is 3.11. The highest BCUT2D eigenvalue weighted by Crippen LogP contribution is 2.27. The number of hydrogen-bond acceptors (Lipinski definition) is 2. The van der Waals surface area contributed by atoms with Crippen molar-refractivity contribution in [1.82, 2.24) is 0 Å². The van der Waals surface area contributed by atoms with Gasteiger partial charge in [0.05, 0.1) is 0 Å². The molecule has 3 aromatic rings. The van der Waals surface area contributed by atoms with E-state index in [0.717, 1.165) is 5.75 Å². The third-order valence-electron chi connectivity index (χ3n) is 3.29. The molecule has 0 saturated carbocycles. The highest BCUT2D eigenvalue weighted by molar-refractivity contribution is 7.17. The Bertz CT molecular complexity index is 712. The second-order valence-electron chi connectivity index (χ2n) is 4.81. The van der Waals surface area contributed by atoms with Gasteiger partial charge in [-0.2, -0.15) is 0 Å². The van der Waals surface area contributed by atoms with Crippen LogP contribution in [0.15, 0.2) is 47.8 Å². The molecule has 0 amide bonds. The van der Waals surface area contributed by atoms with Crippen LogP contribution in [0.25, 0.3) is 10.1 Å². The minimum atomic E-state index is 0.633. The van der Waals surface area contributed by atoms with Crippen LogP contribution >= 0.6 is 11.3 Å². The molecule has 2 heteroatoms. The molecule has 1 nitrogen and oxygen atoms in total. The van der Waals surface area contributed by atoms with Crippen LogP contribution in [0.1, 0.15) is 16.7 Å². The van der Waals surface area contributed by atoms with Gasteiger partial charge in [-0.25, -0.2) is 0 Å². The lowest BCUT2D eigenvalue weighted by atomic mass is 10.1. The summed E-state index contributed by atoms with van der Waals surface area (Å²) in [4.78, 5) is 0. The number of benzene rings is 2. The van der Waals surface area contributed by atoms with E-state index in [4.69, 9.17) is 4.74 Å². The van der Waals surface area contributed by atoms with Gasteiger partial charge in [-0.05, 0) is 47.9 Å². The van der Waals surface area contributed by atoms with Gasteiger partial charge in [0.15, 0.2) is 0 Å². The Labute approximate surface area is 117 Å². The van der Waals surface area contributed by atoms with E-state index in [1.54, 1.807) is 11.3 Å². The first-order chi connectivity index (χ1) is 9.24. The standard InChI is InChI=1S/C17H16OS/c1-12-7-8-13(2)16(9-12)18-10-14-11-19-17-6-4-3-5-15(14)17/h3-9,11H,10H2,1-2H3. The SMILES string of the molecule is Cc1ccc(C)c(OCc2csc3ccccc23)c1. The molecular formula is C17H16OS. The maximum absolute atomic E-state index is 5.98. The Balaban J connectivity index is 1.84. The third-order valence-corrected chi connectivity index (χ3v) is 4.30. The second kappa shape index (κ2) is 5.06. The molecule has 0 spiro atoms. The second-order valence-corrected chi connectivity index (χ2v) is 5.73. The fraction of sp³-hybridized carbons (Fsp3) is 0.176. The molecule has 0 atom stereocenters. The summed E-state index contributed by atoms with van der Waals surface area (Å²) in [5.41, 5.74) is 3.68. The van der Waals surface area contributed by atoms with Crippen molar-refractivity contribution < 1.29 is 4.74 Å². The van der Waals surface area contributed by atoms with Crippen molar-refractivity contribution in [3.05, 3.63) is 64.5 Å². The third kappa shape index (κ3) is 2.49. The molecule has 0 aliphatic carbocycles. The molecule has 3 rings (SSSR count). The Hall–Kier alpha value is -1.80. The van der Waals surface area contributed by atoms with Crippen molar-refractivity contribution in [3.63, 3.8) is 0 Å². The summed E-state index contributed by atoms with van der Waals surface area (Å²) in [6, 6.07) is 14.8. The summed E-state index contributed by atoms with van der Waals surface area (Å²) in [6.45, 7) is 4.81. The van der Waals surface area contributed by atoms with Crippen LogP contribution in [-0.4, -0.2) is 0 Å². The van der Waals surface area contributed by atoms with Crippen molar-refractivity contribution in [2.24, 2.45) is 0 Å². The number of thiophene rings is 1. The van der Waals surface area contributed by atoms with Crippen molar-refractivity contribution in [2.45, 2.75) is 20.5 Å². The quantitative estimate of drug-likeness (QED) is 0.642. The Morgan fingerprint density at radius 3 is 2.79 bits per heavy atom. The molecule has 19 heavy (non-hydrogen) atoms. The molecule has 0 bridgehead atoms. The molecule has 0 radical (unpaired) electrons. The average molecular weight is 268 g/mol. The van der Waals surface area contributed by atoms with E-state index in [0.29, 0.717) is 6.61 Å². The van der Waals surface area contributed by atoms with Crippen LogP contribution in [0.2, 0.25) is 0 Å². The zero-order valence-electron chi connectivity index (χ0n) is 11.1. The highest BCUT2D eigenvalue weighted by atomic mass is 32.1. The van der Waals surface area contributed by atoms with Gasteiger partial charge in [0, 0.05) is 10.3 Å². The van der Waals surface area contributed by atoms with Crippen LogP contribution in [0, 0.1) is 13.8 Å². The predicted octanol–water partition coefficient (Wildman–Crippen LogP) is 5.10. The van der Waals surface area contributed by atoms with E-state index >= 15 is 0 Å². The van der Waals surface area contributed by atoms with Crippen molar-refractivity contribution >= 4 is 21.4 Å². The fourth-order valence-electron chi connectivity index (χ4n) is 2.16. The van der Waals surface area contributed by atoms with Gasteiger partial charge in [-0.3, -0.25) is 0 Å². The number of ether oxygens (including phenoxy) is 1. The molecule has 2 aromatic carbocycles. The lowest BCUT2D eigenvalue weighted by Gasteiger charge is -2.09. The molecule has 1 aromatic heterocycles. The lowest BCUT2D eigenvalue weighted by molar-refractivity contribution is 0.306. The molecule has 96 valence electrons. The summed E-state index contributed by atoms with van der Waals surface area (Å²) in [5, 5.41) is 3.49. The normalized spacial score (nSPS) is 10.8. The Morgan fingerprint density at radius 2 is 1.89 bits per heavy atom. The van der Waals surface area contributed by atoms with Crippen LogP contribution < -0.4 is 4.74 Å². The van der Waals surface area contributed by atoms with Crippen LogP contribution in [0.5, 0.6) is 5.75 Å². The number of fused-ring (bicyclic) bond motifs is 1. The zero-order chi connectivity index (χ0) is 13.2. The van der Waals surface area contributed by atoms with Gasteiger partial charge in [0.1, 0.15) is 12.4 Å². The van der Waals surface area contributed by atoms with Crippen LogP contribution in [0.3, 0.4) is 0 Å². The zero-order valence-corrected chi connectivity index (χ0v) is 12.0. The summed E-state index contributed by atoms with van der Waals surface area (Å²) in [5.74, 6) is 0.982. The van der Waals surface area contributed by atoms with E-state index in [2.05, 4.69) is 61.7 Å². The molecule has 0 aliphatic rings. The molecule has 1 heterocycles. The van der Waals surface area contributed by atoms with E-state index in [9.17, 15) is 0 Å². The van der Waals surface area contributed by atoms with Crippen LogP contribution in [-0.2, 0) is 6.61 Å². The first-order valence-corrected chi connectivity index (χ1v) is 7.27. The van der Waals surface area contributed by atoms with Crippen molar-refractivity contribution in [1.29, 1.82) is 0 Å². The number of rotatable bonds is 3. The van der Waals surface area contributed by atoms with E-state index < -0.39 is 0 Å². The Kier molecular flexibility index (Phi) is 3.26. The minimum Gasteiger partial charge on any atom is -0.489 e. The van der Waals surface area contributed by atoms with Crippen molar-refractivity contribution in [3.8, 4) is 5.75 Å².